The van der Waals surface area contributed by atoms with Crippen LogP contribution in [0.5, 0.6) is 0 Å². The van der Waals surface area contributed by atoms with Crippen molar-refractivity contribution in [2.75, 3.05) is 23.8 Å². The molecule has 1 aliphatic heterocycles. The third-order valence-corrected chi connectivity index (χ3v) is 5.90. The second-order valence-electron chi connectivity index (χ2n) is 5.07. The second-order valence-corrected chi connectivity index (χ2v) is 7.62. The molecule has 1 N–H and O–H groups in total. The van der Waals surface area contributed by atoms with Crippen LogP contribution >= 0.6 is 23.5 Å². The van der Waals surface area contributed by atoms with Crippen molar-refractivity contribution in [2.45, 2.75) is 31.6 Å². The highest BCUT2D eigenvalue weighted by Crippen LogP contribution is 2.23. The van der Waals surface area contributed by atoms with Crippen LogP contribution in [0.3, 0.4) is 0 Å². The number of hydrogen-bond acceptors (Lipinski definition) is 4. The van der Waals surface area contributed by atoms with Gasteiger partial charge in [0.2, 0.25) is 0 Å². The van der Waals surface area contributed by atoms with Gasteiger partial charge in [0, 0.05) is 54.4 Å². The van der Waals surface area contributed by atoms with E-state index in [0.717, 1.165) is 18.3 Å². The standard InChI is InChI=1S/C13H23N3S2/c1-10(2)13-11(8-16(3)15-13)6-14-7-12-9-17-4-5-18-12/h8,10,12,14H,4-7,9H2,1-3H3. The fourth-order valence-corrected chi connectivity index (χ4v) is 4.85. The van der Waals surface area contributed by atoms with Crippen LogP contribution < -0.4 is 5.32 Å². The van der Waals surface area contributed by atoms with Gasteiger partial charge in [0.1, 0.15) is 0 Å². The highest BCUT2D eigenvalue weighted by Gasteiger charge is 2.15. The average Bonchev–Trinajstić information content (AvgIpc) is 2.72. The molecule has 1 fully saturated rings. The third kappa shape index (κ3) is 3.93. The van der Waals surface area contributed by atoms with Crippen LogP contribution in [0.15, 0.2) is 6.20 Å². The number of nitrogens with one attached hydrogen (secondary N) is 1. The van der Waals surface area contributed by atoms with Gasteiger partial charge in [0.15, 0.2) is 0 Å². The smallest absolute Gasteiger partial charge is 0.0694 e. The van der Waals surface area contributed by atoms with Gasteiger partial charge in [-0.15, -0.1) is 0 Å². The van der Waals surface area contributed by atoms with E-state index in [1.807, 2.05) is 11.7 Å². The van der Waals surface area contributed by atoms with E-state index in [4.69, 9.17) is 0 Å². The van der Waals surface area contributed by atoms with Crippen LogP contribution in [-0.2, 0) is 13.6 Å². The first kappa shape index (κ1) is 14.3. The Morgan fingerprint density at radius 1 is 1.50 bits per heavy atom. The van der Waals surface area contributed by atoms with Crippen LogP contribution in [0.4, 0.5) is 0 Å². The molecule has 0 amide bonds. The van der Waals surface area contributed by atoms with E-state index < -0.39 is 0 Å². The summed E-state index contributed by atoms with van der Waals surface area (Å²) in [5.41, 5.74) is 2.58. The van der Waals surface area contributed by atoms with E-state index in [1.165, 1.54) is 28.5 Å². The molecule has 2 rings (SSSR count). The van der Waals surface area contributed by atoms with Crippen molar-refractivity contribution in [3.05, 3.63) is 17.5 Å². The molecule has 5 heteroatoms. The molecule has 1 aromatic heterocycles. The Bertz CT molecular complexity index is 370. The van der Waals surface area contributed by atoms with Gasteiger partial charge >= 0.3 is 0 Å². The Labute approximate surface area is 118 Å². The molecule has 0 aromatic carbocycles. The van der Waals surface area contributed by atoms with Crippen LogP contribution in [0, 0.1) is 0 Å². The molecule has 1 unspecified atom stereocenters. The molecule has 0 bridgehead atoms. The summed E-state index contributed by atoms with van der Waals surface area (Å²) in [5.74, 6) is 4.42. The van der Waals surface area contributed by atoms with Crippen LogP contribution in [0.25, 0.3) is 0 Å². The lowest BCUT2D eigenvalue weighted by molar-refractivity contribution is 0.673. The molecule has 0 radical (unpaired) electrons. The van der Waals surface area contributed by atoms with E-state index in [2.05, 4.69) is 54.0 Å². The Hall–Kier alpha value is -0.130. The molecule has 3 nitrogen and oxygen atoms in total. The Balaban J connectivity index is 1.82. The van der Waals surface area contributed by atoms with Crippen molar-refractivity contribution in [1.82, 2.24) is 15.1 Å². The zero-order valence-electron chi connectivity index (χ0n) is 11.5. The van der Waals surface area contributed by atoms with Crippen LogP contribution in [0.2, 0.25) is 0 Å². The van der Waals surface area contributed by atoms with Gasteiger partial charge in [0.25, 0.3) is 0 Å². The fraction of sp³-hybridized carbons (Fsp3) is 0.769. The molecule has 1 atom stereocenters. The Kier molecular flexibility index (Phi) is 5.45. The molecule has 2 heterocycles. The molecule has 18 heavy (non-hydrogen) atoms. The molecule has 1 aliphatic rings. The summed E-state index contributed by atoms with van der Waals surface area (Å²) in [6, 6.07) is 0. The molecular formula is C13H23N3S2. The predicted octanol–water partition coefficient (Wildman–Crippen LogP) is 2.48. The maximum absolute atomic E-state index is 4.54. The number of aryl methyl sites for hydroxylation is 1. The summed E-state index contributed by atoms with van der Waals surface area (Å²) in [4.78, 5) is 0. The summed E-state index contributed by atoms with van der Waals surface area (Å²) in [5, 5.41) is 8.92. The summed E-state index contributed by atoms with van der Waals surface area (Å²) >= 11 is 4.19. The Morgan fingerprint density at radius 3 is 3.00 bits per heavy atom. The highest BCUT2D eigenvalue weighted by molar-refractivity contribution is 8.06. The lowest BCUT2D eigenvalue weighted by Gasteiger charge is -2.21. The number of rotatable bonds is 5. The molecule has 0 aliphatic carbocycles. The minimum absolute atomic E-state index is 0.502. The minimum Gasteiger partial charge on any atom is -0.311 e. The SMILES string of the molecule is CC(C)c1nn(C)cc1CNCC1CSCCS1. The van der Waals surface area contributed by atoms with Crippen LogP contribution in [-0.4, -0.2) is 38.8 Å². The largest absolute Gasteiger partial charge is 0.311 e. The lowest BCUT2D eigenvalue weighted by Crippen LogP contribution is -2.28. The maximum atomic E-state index is 4.54. The molecule has 0 saturated carbocycles. The zero-order chi connectivity index (χ0) is 13.0. The zero-order valence-corrected chi connectivity index (χ0v) is 13.1. The van der Waals surface area contributed by atoms with Crippen molar-refractivity contribution < 1.29 is 0 Å². The predicted molar refractivity (Wildman–Crippen MR) is 82.6 cm³/mol. The van der Waals surface area contributed by atoms with Gasteiger partial charge in [-0.3, -0.25) is 4.68 Å². The highest BCUT2D eigenvalue weighted by atomic mass is 32.2. The van der Waals surface area contributed by atoms with Gasteiger partial charge in [-0.2, -0.15) is 28.6 Å². The quantitative estimate of drug-likeness (QED) is 0.900. The topological polar surface area (TPSA) is 29.9 Å². The summed E-state index contributed by atoms with van der Waals surface area (Å²) in [6.45, 7) is 6.48. The van der Waals surface area contributed by atoms with E-state index >= 15 is 0 Å². The van der Waals surface area contributed by atoms with E-state index in [-0.39, 0.29) is 0 Å². The average molecular weight is 285 g/mol. The number of hydrogen-bond donors (Lipinski definition) is 1. The second kappa shape index (κ2) is 6.87. The number of aromatic nitrogens is 2. The summed E-state index contributed by atoms with van der Waals surface area (Å²) < 4.78 is 1.93. The molecule has 1 saturated heterocycles. The minimum atomic E-state index is 0.502. The van der Waals surface area contributed by atoms with Crippen LogP contribution in [0.1, 0.15) is 31.0 Å². The summed E-state index contributed by atoms with van der Waals surface area (Å²) in [6.07, 6.45) is 2.14. The van der Waals surface area contributed by atoms with Gasteiger partial charge in [-0.25, -0.2) is 0 Å². The fourth-order valence-electron chi connectivity index (χ4n) is 2.20. The lowest BCUT2D eigenvalue weighted by atomic mass is 10.1. The van der Waals surface area contributed by atoms with Crippen molar-refractivity contribution in [3.63, 3.8) is 0 Å². The van der Waals surface area contributed by atoms with Crippen molar-refractivity contribution in [3.8, 4) is 0 Å². The number of thioether (sulfide) groups is 2. The molecule has 102 valence electrons. The van der Waals surface area contributed by atoms with E-state index in [1.54, 1.807) is 0 Å². The first-order valence-electron chi connectivity index (χ1n) is 6.59. The van der Waals surface area contributed by atoms with Crippen molar-refractivity contribution in [2.24, 2.45) is 7.05 Å². The van der Waals surface area contributed by atoms with Gasteiger partial charge in [-0.05, 0) is 5.92 Å². The van der Waals surface area contributed by atoms with Gasteiger partial charge in [0.05, 0.1) is 5.69 Å². The van der Waals surface area contributed by atoms with Crippen molar-refractivity contribution in [1.29, 1.82) is 0 Å². The third-order valence-electron chi connectivity index (χ3n) is 3.06. The summed E-state index contributed by atoms with van der Waals surface area (Å²) in [7, 11) is 2.00. The van der Waals surface area contributed by atoms with E-state index in [0.29, 0.717) is 5.92 Å². The van der Waals surface area contributed by atoms with Gasteiger partial charge < -0.3 is 5.32 Å². The first-order chi connectivity index (χ1) is 8.66. The molecular weight excluding hydrogens is 262 g/mol. The van der Waals surface area contributed by atoms with E-state index in [9.17, 15) is 0 Å². The normalized spacial score (nSPS) is 20.6. The number of nitrogens with zero attached hydrogens (tertiary/aromatic N) is 2. The van der Waals surface area contributed by atoms with Crippen molar-refractivity contribution >= 4 is 23.5 Å². The Morgan fingerprint density at radius 2 is 2.33 bits per heavy atom. The van der Waals surface area contributed by atoms with Gasteiger partial charge in [-0.1, -0.05) is 13.8 Å². The maximum Gasteiger partial charge on any atom is 0.0694 e. The molecule has 0 spiro atoms. The molecule has 1 aromatic rings. The first-order valence-corrected chi connectivity index (χ1v) is 8.79. The monoisotopic (exact) mass is 285 g/mol.